The normalized spacial score (nSPS) is 13.1. The zero-order valence-electron chi connectivity index (χ0n) is 17.6. The number of amides is 2. The van der Waals surface area contributed by atoms with Crippen LogP contribution >= 0.6 is 0 Å². The van der Waals surface area contributed by atoms with Gasteiger partial charge in [0.2, 0.25) is 5.91 Å². The van der Waals surface area contributed by atoms with Gasteiger partial charge in [-0.05, 0) is 30.5 Å². The van der Waals surface area contributed by atoms with Crippen molar-refractivity contribution in [3.05, 3.63) is 77.5 Å². The number of nitrogens with one attached hydrogen (secondary N) is 2. The van der Waals surface area contributed by atoms with Gasteiger partial charge >= 0.3 is 5.97 Å². The highest BCUT2D eigenvalue weighted by Gasteiger charge is 2.22. The number of carbonyl (C=O) groups is 3. The Bertz CT molecular complexity index is 879. The second-order valence-electron chi connectivity index (χ2n) is 6.96. The van der Waals surface area contributed by atoms with Gasteiger partial charge in [0, 0.05) is 19.4 Å². The predicted octanol–water partition coefficient (Wildman–Crippen LogP) is 3.41. The third kappa shape index (κ3) is 7.20. The van der Waals surface area contributed by atoms with Crippen molar-refractivity contribution in [3.63, 3.8) is 0 Å². The van der Waals surface area contributed by atoms with E-state index in [1.807, 2.05) is 48.5 Å². The van der Waals surface area contributed by atoms with Gasteiger partial charge in [0.15, 0.2) is 6.10 Å². The molecule has 6 heteroatoms. The second-order valence-corrected chi connectivity index (χ2v) is 6.96. The lowest BCUT2D eigenvalue weighted by Gasteiger charge is -2.19. The Labute approximate surface area is 177 Å². The Balaban J connectivity index is 1.98. The van der Waals surface area contributed by atoms with E-state index in [1.54, 1.807) is 12.1 Å². The van der Waals surface area contributed by atoms with Gasteiger partial charge in [0.05, 0.1) is 0 Å². The summed E-state index contributed by atoms with van der Waals surface area (Å²) in [5, 5.41) is 5.31. The number of rotatable bonds is 9. The minimum atomic E-state index is -1.00. The zero-order chi connectivity index (χ0) is 21.9. The standard InChI is InChI=1S/C24H28N2O4/c1-4-20(21-13-9-6-10-14-21)16-25-23(28)17(2)30-24(29)22(26-18(3)27)15-19-11-7-5-8-12-19/h5-15,17,20H,4,16H2,1-3H3,(H,25,28)(H,26,27)/b22-15-/t17-,20+/m0/s1. The molecular formula is C24H28N2O4. The van der Waals surface area contributed by atoms with Crippen molar-refractivity contribution in [1.29, 1.82) is 0 Å². The smallest absolute Gasteiger partial charge is 0.355 e. The molecule has 2 rings (SSSR count). The number of esters is 1. The number of ether oxygens (including phenoxy) is 1. The van der Waals surface area contributed by atoms with Gasteiger partial charge < -0.3 is 15.4 Å². The fraction of sp³-hybridized carbons (Fsp3) is 0.292. The summed E-state index contributed by atoms with van der Waals surface area (Å²) < 4.78 is 5.29. The maximum Gasteiger partial charge on any atom is 0.355 e. The SMILES string of the molecule is CC[C@H](CNC(=O)[C@H](C)OC(=O)/C(=C/c1ccccc1)NC(C)=O)c1ccccc1. The lowest BCUT2D eigenvalue weighted by Crippen LogP contribution is -2.39. The zero-order valence-corrected chi connectivity index (χ0v) is 17.6. The molecule has 6 nitrogen and oxygen atoms in total. The molecule has 0 bridgehead atoms. The monoisotopic (exact) mass is 408 g/mol. The van der Waals surface area contributed by atoms with Crippen LogP contribution in [0.5, 0.6) is 0 Å². The van der Waals surface area contributed by atoms with Gasteiger partial charge in [-0.15, -0.1) is 0 Å². The quantitative estimate of drug-likeness (QED) is 0.492. The van der Waals surface area contributed by atoms with Crippen LogP contribution in [0, 0.1) is 0 Å². The van der Waals surface area contributed by atoms with Crippen molar-refractivity contribution < 1.29 is 19.1 Å². The van der Waals surface area contributed by atoms with E-state index in [0.717, 1.165) is 17.5 Å². The molecule has 2 aromatic carbocycles. The first kappa shape index (κ1) is 22.9. The van der Waals surface area contributed by atoms with Crippen LogP contribution in [0.25, 0.3) is 6.08 Å². The third-order valence-electron chi connectivity index (χ3n) is 4.58. The van der Waals surface area contributed by atoms with Crippen LogP contribution in [0.4, 0.5) is 0 Å². The summed E-state index contributed by atoms with van der Waals surface area (Å²) in [6.45, 7) is 5.31. The molecule has 2 atom stereocenters. The Morgan fingerprint density at radius 1 is 1.00 bits per heavy atom. The highest BCUT2D eigenvalue weighted by molar-refractivity contribution is 5.98. The van der Waals surface area contributed by atoms with Gasteiger partial charge in [-0.2, -0.15) is 0 Å². The molecule has 0 spiro atoms. The molecule has 0 aliphatic carbocycles. The Hall–Kier alpha value is -3.41. The van der Waals surface area contributed by atoms with Crippen LogP contribution in [-0.2, 0) is 19.1 Å². The largest absolute Gasteiger partial charge is 0.448 e. The van der Waals surface area contributed by atoms with Gasteiger partial charge in [-0.25, -0.2) is 4.79 Å². The number of hydrogen-bond acceptors (Lipinski definition) is 4. The van der Waals surface area contributed by atoms with Crippen LogP contribution in [0.3, 0.4) is 0 Å². The molecule has 2 N–H and O–H groups in total. The van der Waals surface area contributed by atoms with E-state index in [0.29, 0.717) is 6.54 Å². The first-order valence-electron chi connectivity index (χ1n) is 9.98. The number of benzene rings is 2. The average molecular weight is 408 g/mol. The van der Waals surface area contributed by atoms with Crippen molar-refractivity contribution >= 4 is 23.9 Å². The third-order valence-corrected chi connectivity index (χ3v) is 4.58. The summed E-state index contributed by atoms with van der Waals surface area (Å²) in [7, 11) is 0. The van der Waals surface area contributed by atoms with E-state index in [4.69, 9.17) is 4.74 Å². The molecule has 0 radical (unpaired) electrons. The summed E-state index contributed by atoms with van der Waals surface area (Å²) in [6.07, 6.45) is 1.38. The van der Waals surface area contributed by atoms with Crippen LogP contribution in [0.1, 0.15) is 44.2 Å². The Kier molecular flexibility index (Phi) is 8.81. The summed E-state index contributed by atoms with van der Waals surface area (Å²) in [6, 6.07) is 19.0. The molecule has 30 heavy (non-hydrogen) atoms. The van der Waals surface area contributed by atoms with Crippen molar-refractivity contribution in [2.24, 2.45) is 0 Å². The molecule has 0 aliphatic heterocycles. The van der Waals surface area contributed by atoms with E-state index < -0.39 is 18.0 Å². The first-order chi connectivity index (χ1) is 14.4. The molecule has 2 amide bonds. The van der Waals surface area contributed by atoms with E-state index >= 15 is 0 Å². The molecule has 2 aromatic rings. The molecule has 0 unspecified atom stereocenters. The summed E-state index contributed by atoms with van der Waals surface area (Å²) in [5.41, 5.74) is 1.84. The summed E-state index contributed by atoms with van der Waals surface area (Å²) in [5.74, 6) is -1.39. The van der Waals surface area contributed by atoms with Crippen molar-refractivity contribution in [3.8, 4) is 0 Å². The highest BCUT2D eigenvalue weighted by Crippen LogP contribution is 2.18. The van der Waals surface area contributed by atoms with Gasteiger partial charge in [-0.1, -0.05) is 67.6 Å². The van der Waals surface area contributed by atoms with Gasteiger partial charge in [0.25, 0.3) is 5.91 Å². The molecule has 0 fully saturated rings. The second kappa shape index (κ2) is 11.6. The predicted molar refractivity (Wildman–Crippen MR) is 116 cm³/mol. The van der Waals surface area contributed by atoms with E-state index in [-0.39, 0.29) is 17.5 Å². The van der Waals surface area contributed by atoms with Gasteiger partial charge in [0.1, 0.15) is 5.70 Å². The average Bonchev–Trinajstić information content (AvgIpc) is 2.74. The van der Waals surface area contributed by atoms with E-state index in [9.17, 15) is 14.4 Å². The van der Waals surface area contributed by atoms with Crippen molar-refractivity contribution in [2.75, 3.05) is 6.54 Å². The molecule has 0 saturated heterocycles. The molecule has 158 valence electrons. The minimum absolute atomic E-state index is 0.0240. The van der Waals surface area contributed by atoms with Crippen molar-refractivity contribution in [2.45, 2.75) is 39.2 Å². The number of hydrogen-bond donors (Lipinski definition) is 2. The van der Waals surface area contributed by atoms with Gasteiger partial charge in [-0.3, -0.25) is 9.59 Å². The molecule has 0 aliphatic rings. The molecule has 0 saturated carbocycles. The highest BCUT2D eigenvalue weighted by atomic mass is 16.5. The van der Waals surface area contributed by atoms with Crippen molar-refractivity contribution in [1.82, 2.24) is 10.6 Å². The maximum absolute atomic E-state index is 12.5. The van der Waals surface area contributed by atoms with Crippen LogP contribution in [-0.4, -0.2) is 30.4 Å². The lowest BCUT2D eigenvalue weighted by atomic mass is 9.96. The van der Waals surface area contributed by atoms with E-state index in [2.05, 4.69) is 17.6 Å². The number of carbonyl (C=O) groups excluding carboxylic acids is 3. The topological polar surface area (TPSA) is 84.5 Å². The molecule has 0 heterocycles. The van der Waals surface area contributed by atoms with Crippen LogP contribution in [0.15, 0.2) is 66.4 Å². The Morgan fingerprint density at radius 3 is 2.17 bits per heavy atom. The molecule has 0 aromatic heterocycles. The van der Waals surface area contributed by atoms with E-state index in [1.165, 1.54) is 19.9 Å². The fourth-order valence-corrected chi connectivity index (χ4v) is 2.92. The van der Waals surface area contributed by atoms with Crippen LogP contribution < -0.4 is 10.6 Å². The van der Waals surface area contributed by atoms with Crippen LogP contribution in [0.2, 0.25) is 0 Å². The summed E-state index contributed by atoms with van der Waals surface area (Å²) >= 11 is 0. The first-order valence-corrected chi connectivity index (χ1v) is 9.98. The Morgan fingerprint density at radius 2 is 1.60 bits per heavy atom. The minimum Gasteiger partial charge on any atom is -0.448 e. The fourth-order valence-electron chi connectivity index (χ4n) is 2.92. The molecular weight excluding hydrogens is 380 g/mol. The maximum atomic E-state index is 12.5. The summed E-state index contributed by atoms with van der Waals surface area (Å²) in [4.78, 5) is 36.4. The lowest BCUT2D eigenvalue weighted by molar-refractivity contribution is -0.151.